The number of benzene rings is 1. The van der Waals surface area contributed by atoms with E-state index in [9.17, 15) is 19.2 Å². The molecule has 1 saturated heterocycles. The first-order valence-electron chi connectivity index (χ1n) is 12.7. The second-order valence-electron chi connectivity index (χ2n) is 11.5. The zero-order valence-corrected chi connectivity index (χ0v) is 22.0. The molecule has 6 atom stereocenters. The first-order valence-corrected chi connectivity index (χ1v) is 12.7. The fourth-order valence-corrected chi connectivity index (χ4v) is 5.94. The van der Waals surface area contributed by atoms with Crippen molar-refractivity contribution in [2.24, 2.45) is 17.3 Å². The van der Waals surface area contributed by atoms with E-state index in [0.29, 0.717) is 30.4 Å². The number of carbonyl (C=O) groups is 4. The van der Waals surface area contributed by atoms with E-state index in [4.69, 9.17) is 14.2 Å². The topological polar surface area (TPSA) is 99.3 Å². The number of carbonyl (C=O) groups excluding carboxylic acids is 4. The van der Waals surface area contributed by atoms with Gasteiger partial charge in [0.1, 0.15) is 11.9 Å². The van der Waals surface area contributed by atoms with Crippen molar-refractivity contribution in [3.63, 3.8) is 0 Å². The van der Waals surface area contributed by atoms with E-state index in [2.05, 4.69) is 0 Å². The number of hydrogen-bond donors (Lipinski definition) is 0. The second kappa shape index (κ2) is 9.25. The highest BCUT2D eigenvalue weighted by atomic mass is 16.6. The molecule has 3 aliphatic rings. The van der Waals surface area contributed by atoms with Gasteiger partial charge in [0.15, 0.2) is 5.60 Å². The van der Waals surface area contributed by atoms with E-state index in [1.54, 1.807) is 37.3 Å². The molecule has 0 spiro atoms. The highest BCUT2D eigenvalue weighted by Gasteiger charge is 2.71. The number of esters is 2. The Morgan fingerprint density at radius 3 is 2.39 bits per heavy atom. The Morgan fingerprint density at radius 2 is 1.75 bits per heavy atom. The maximum atomic E-state index is 14.1. The Morgan fingerprint density at radius 1 is 1.08 bits per heavy atom. The minimum absolute atomic E-state index is 0.105. The molecule has 1 heterocycles. The van der Waals surface area contributed by atoms with Crippen LogP contribution >= 0.6 is 0 Å². The third kappa shape index (κ3) is 4.65. The molecule has 36 heavy (non-hydrogen) atoms. The van der Waals surface area contributed by atoms with Crippen LogP contribution < -0.4 is 0 Å². The minimum atomic E-state index is -1.52. The first kappa shape index (κ1) is 26.3. The molecule has 0 amide bonds. The number of ketones is 2. The Balaban J connectivity index is 1.80. The van der Waals surface area contributed by atoms with Gasteiger partial charge in [0.25, 0.3) is 0 Å². The van der Waals surface area contributed by atoms with Crippen molar-refractivity contribution in [3.8, 4) is 0 Å². The largest absolute Gasteiger partial charge is 0.458 e. The molecule has 4 rings (SSSR count). The van der Waals surface area contributed by atoms with Crippen LogP contribution in [-0.2, 0) is 28.6 Å². The molecule has 7 nitrogen and oxygen atoms in total. The van der Waals surface area contributed by atoms with Crippen LogP contribution in [0.3, 0.4) is 0 Å². The summed E-state index contributed by atoms with van der Waals surface area (Å²) in [4.78, 5) is 52.5. The molecule has 0 N–H and O–H groups in total. The van der Waals surface area contributed by atoms with Crippen LogP contribution in [0.2, 0.25) is 0 Å². The van der Waals surface area contributed by atoms with E-state index in [1.165, 1.54) is 6.92 Å². The van der Waals surface area contributed by atoms with Gasteiger partial charge in [-0.3, -0.25) is 14.4 Å². The molecule has 0 aromatic heterocycles. The molecule has 1 aromatic rings. The Labute approximate surface area is 212 Å². The van der Waals surface area contributed by atoms with Gasteiger partial charge in [0, 0.05) is 25.2 Å². The van der Waals surface area contributed by atoms with Gasteiger partial charge in [-0.15, -0.1) is 0 Å². The van der Waals surface area contributed by atoms with E-state index in [-0.39, 0.29) is 23.9 Å². The van der Waals surface area contributed by atoms with E-state index in [0.717, 1.165) is 0 Å². The molecule has 7 heteroatoms. The molecule has 0 bridgehead atoms. The van der Waals surface area contributed by atoms with Crippen LogP contribution in [0, 0.1) is 17.3 Å². The summed E-state index contributed by atoms with van der Waals surface area (Å²) in [7, 11) is 0. The first-order chi connectivity index (χ1) is 16.8. The molecular formula is C29H36O7. The molecule has 0 unspecified atom stereocenters. The predicted molar refractivity (Wildman–Crippen MR) is 132 cm³/mol. The summed E-state index contributed by atoms with van der Waals surface area (Å²) in [5.41, 5.74) is -2.03. The van der Waals surface area contributed by atoms with Gasteiger partial charge in [0.05, 0.1) is 23.2 Å². The quantitative estimate of drug-likeness (QED) is 0.445. The minimum Gasteiger partial charge on any atom is -0.458 e. The van der Waals surface area contributed by atoms with Gasteiger partial charge in [-0.25, -0.2) is 4.79 Å². The zero-order valence-electron chi connectivity index (χ0n) is 22.0. The van der Waals surface area contributed by atoms with Gasteiger partial charge < -0.3 is 14.2 Å². The molecule has 1 aromatic carbocycles. The van der Waals surface area contributed by atoms with Crippen LogP contribution in [-0.4, -0.2) is 46.9 Å². The summed E-state index contributed by atoms with van der Waals surface area (Å²) in [6.45, 7) is 10.6. The Bertz CT molecular complexity index is 1100. The maximum Gasteiger partial charge on any atom is 0.338 e. The summed E-state index contributed by atoms with van der Waals surface area (Å²) in [6.07, 6.45) is 1.96. The molecule has 1 saturated carbocycles. The number of epoxide rings is 1. The normalized spacial score (nSPS) is 37.3. The molecular weight excluding hydrogens is 460 g/mol. The van der Waals surface area contributed by atoms with E-state index >= 15 is 0 Å². The van der Waals surface area contributed by atoms with Crippen LogP contribution in [0.1, 0.15) is 77.6 Å². The molecule has 2 fully saturated rings. The van der Waals surface area contributed by atoms with Crippen molar-refractivity contribution in [1.82, 2.24) is 0 Å². The highest BCUT2D eigenvalue weighted by Crippen LogP contribution is 2.57. The van der Waals surface area contributed by atoms with Crippen molar-refractivity contribution in [1.29, 1.82) is 0 Å². The van der Waals surface area contributed by atoms with Crippen LogP contribution in [0.25, 0.3) is 0 Å². The van der Waals surface area contributed by atoms with Gasteiger partial charge in [0.2, 0.25) is 5.78 Å². The van der Waals surface area contributed by atoms with E-state index in [1.807, 2.05) is 33.8 Å². The van der Waals surface area contributed by atoms with Crippen molar-refractivity contribution in [2.45, 2.75) is 90.6 Å². The van der Waals surface area contributed by atoms with Crippen molar-refractivity contribution >= 4 is 23.5 Å². The summed E-state index contributed by atoms with van der Waals surface area (Å²) in [6, 6.07) is 8.67. The number of fused-ring (bicyclic) bond motifs is 3. The van der Waals surface area contributed by atoms with Crippen LogP contribution in [0.4, 0.5) is 0 Å². The number of rotatable bonds is 3. The van der Waals surface area contributed by atoms with Gasteiger partial charge in [-0.1, -0.05) is 45.0 Å². The lowest BCUT2D eigenvalue weighted by molar-refractivity contribution is -0.171. The lowest BCUT2D eigenvalue weighted by atomic mass is 9.74. The molecule has 194 valence electrons. The average molecular weight is 497 g/mol. The summed E-state index contributed by atoms with van der Waals surface area (Å²) in [5, 5.41) is 0. The SMILES string of the molecule is CC(=O)O[C@]12C[C@H](C)[C@H](OC(=O)c3ccccc3)[C@@H]1[C@H]1O[C@]1(C)CCC(=O)C(C)(C)C/C=C(\C)C2=O. The number of allylic oxidation sites excluding steroid dienone is 1. The summed E-state index contributed by atoms with van der Waals surface area (Å²) in [5.74, 6) is -2.27. The standard InChI is InChI=1S/C29H36O7/c1-17-12-14-27(4,5)21(31)13-15-28(6)25(36-28)22-23(34-26(33)20-10-8-7-9-11-20)18(2)16-29(22,24(17)32)35-19(3)30/h7-12,18,22-23,25H,13-16H2,1-6H3/b17-12+/t18-,22+,23-,25+,28+,29+/m0/s1. The highest BCUT2D eigenvalue weighted by molar-refractivity contribution is 6.03. The number of hydrogen-bond acceptors (Lipinski definition) is 7. The predicted octanol–water partition coefficient (Wildman–Crippen LogP) is 4.62. The lowest BCUT2D eigenvalue weighted by Crippen LogP contribution is -2.52. The van der Waals surface area contributed by atoms with Gasteiger partial charge in [-0.05, 0) is 50.3 Å². The van der Waals surface area contributed by atoms with Gasteiger partial charge in [-0.2, -0.15) is 0 Å². The Hall–Kier alpha value is -2.80. The molecule has 0 radical (unpaired) electrons. The fraction of sp³-hybridized carbons (Fsp3) is 0.586. The van der Waals surface area contributed by atoms with E-state index < -0.39 is 46.7 Å². The third-order valence-corrected chi connectivity index (χ3v) is 8.19. The fourth-order valence-electron chi connectivity index (χ4n) is 5.94. The van der Waals surface area contributed by atoms with Crippen molar-refractivity contribution in [3.05, 3.63) is 47.5 Å². The maximum absolute atomic E-state index is 14.1. The van der Waals surface area contributed by atoms with Crippen molar-refractivity contribution in [2.75, 3.05) is 0 Å². The summed E-state index contributed by atoms with van der Waals surface area (Å²) >= 11 is 0. The molecule has 1 aliphatic heterocycles. The average Bonchev–Trinajstić information content (AvgIpc) is 3.41. The number of ether oxygens (including phenoxy) is 3. The lowest BCUT2D eigenvalue weighted by Gasteiger charge is -2.35. The van der Waals surface area contributed by atoms with Crippen molar-refractivity contribution < 1.29 is 33.4 Å². The summed E-state index contributed by atoms with van der Waals surface area (Å²) < 4.78 is 18.2. The third-order valence-electron chi connectivity index (χ3n) is 8.19. The number of Topliss-reactive ketones (excluding diaryl/α,β-unsaturated/α-hetero) is 2. The van der Waals surface area contributed by atoms with Gasteiger partial charge >= 0.3 is 11.9 Å². The van der Waals surface area contributed by atoms with Crippen LogP contribution in [0.15, 0.2) is 42.0 Å². The molecule has 2 aliphatic carbocycles. The second-order valence-corrected chi connectivity index (χ2v) is 11.5. The smallest absolute Gasteiger partial charge is 0.338 e. The monoisotopic (exact) mass is 496 g/mol. The van der Waals surface area contributed by atoms with Crippen LogP contribution in [0.5, 0.6) is 0 Å². The Kier molecular flexibility index (Phi) is 6.75. The zero-order chi connectivity index (χ0) is 26.5.